The topological polar surface area (TPSA) is 113 Å². The summed E-state index contributed by atoms with van der Waals surface area (Å²) in [6.07, 6.45) is 6.91. The number of phosphoric acid groups is 2. The van der Waals surface area contributed by atoms with E-state index in [9.17, 15) is 14.0 Å². The fraction of sp³-hybridized carbons (Fsp3) is 0.750. The molecule has 0 spiro atoms. The summed E-state index contributed by atoms with van der Waals surface area (Å²) in [5.41, 5.74) is 2.51. The molecule has 0 saturated heterocycles. The van der Waals surface area contributed by atoms with Crippen molar-refractivity contribution in [1.29, 1.82) is 0 Å². The third-order valence-corrected chi connectivity index (χ3v) is 7.21. The van der Waals surface area contributed by atoms with E-state index in [1.54, 1.807) is 6.08 Å². The molecule has 1 unspecified atom stereocenters. The van der Waals surface area contributed by atoms with Crippen LogP contribution in [0.25, 0.3) is 0 Å². The van der Waals surface area contributed by atoms with Crippen molar-refractivity contribution in [3.05, 3.63) is 23.3 Å². The van der Waals surface area contributed by atoms with Gasteiger partial charge in [0.2, 0.25) is 0 Å². The van der Waals surface area contributed by atoms with Gasteiger partial charge in [-0.3, -0.25) is 4.52 Å². The van der Waals surface area contributed by atoms with E-state index in [0.717, 1.165) is 5.57 Å². The van der Waals surface area contributed by atoms with Gasteiger partial charge in [-0.2, -0.15) is 4.31 Å². The van der Waals surface area contributed by atoms with Crippen molar-refractivity contribution in [2.24, 2.45) is 17.3 Å². The largest absolute Gasteiger partial charge is 0.481 e. The number of hydrogen-bond donors (Lipinski definition) is 3. The third kappa shape index (κ3) is 7.48. The van der Waals surface area contributed by atoms with Crippen LogP contribution in [0.2, 0.25) is 0 Å². The van der Waals surface area contributed by atoms with Gasteiger partial charge in [0.05, 0.1) is 6.61 Å². The van der Waals surface area contributed by atoms with Gasteiger partial charge in [0.1, 0.15) is 0 Å². The predicted octanol–water partition coefficient (Wildman–Crippen LogP) is 4.57. The van der Waals surface area contributed by atoms with Crippen molar-refractivity contribution in [1.82, 2.24) is 0 Å². The van der Waals surface area contributed by atoms with E-state index in [1.807, 2.05) is 6.92 Å². The van der Waals surface area contributed by atoms with Crippen molar-refractivity contribution in [3.8, 4) is 0 Å². The summed E-state index contributed by atoms with van der Waals surface area (Å²) >= 11 is 0. The summed E-state index contributed by atoms with van der Waals surface area (Å²) in [5.74, 6) is 1.15. The van der Waals surface area contributed by atoms with Gasteiger partial charge in [-0.25, -0.2) is 9.13 Å². The van der Waals surface area contributed by atoms with E-state index in [4.69, 9.17) is 9.79 Å². The van der Waals surface area contributed by atoms with E-state index in [-0.39, 0.29) is 12.0 Å². The maximum atomic E-state index is 11.4. The molecule has 0 amide bonds. The molecule has 9 heteroatoms. The number of hydrogen-bond acceptors (Lipinski definition) is 4. The zero-order valence-corrected chi connectivity index (χ0v) is 17.3. The molecule has 3 N–H and O–H groups in total. The normalized spacial score (nSPS) is 28.8. The van der Waals surface area contributed by atoms with Gasteiger partial charge < -0.3 is 14.7 Å². The molecule has 0 aliphatic heterocycles. The Kier molecular flexibility index (Phi) is 7.85. The quantitative estimate of drug-likeness (QED) is 0.427. The molecular weight excluding hydrogens is 366 g/mol. The van der Waals surface area contributed by atoms with E-state index < -0.39 is 15.6 Å². The molecule has 3 atom stereocenters. The van der Waals surface area contributed by atoms with E-state index in [1.165, 1.54) is 18.4 Å². The van der Waals surface area contributed by atoms with Crippen LogP contribution in [0.15, 0.2) is 23.3 Å². The van der Waals surface area contributed by atoms with Crippen LogP contribution in [0.1, 0.15) is 53.9 Å². The summed E-state index contributed by atoms with van der Waals surface area (Å²) in [6.45, 7) is 10.7. The molecule has 0 aromatic carbocycles. The van der Waals surface area contributed by atoms with E-state index in [2.05, 4.69) is 42.6 Å². The molecule has 1 aliphatic carbocycles. The van der Waals surface area contributed by atoms with Crippen LogP contribution in [-0.4, -0.2) is 21.3 Å². The summed E-state index contributed by atoms with van der Waals surface area (Å²) in [7, 11) is -9.86. The lowest BCUT2D eigenvalue weighted by atomic mass is 9.62. The highest BCUT2D eigenvalue weighted by Gasteiger charge is 2.36. The number of allylic oxidation sites excluding steroid dienone is 3. The minimum Gasteiger partial charge on any atom is -0.302 e. The van der Waals surface area contributed by atoms with Crippen molar-refractivity contribution in [2.45, 2.75) is 53.9 Å². The molecule has 0 heterocycles. The summed E-state index contributed by atoms with van der Waals surface area (Å²) < 4.78 is 30.2. The highest BCUT2D eigenvalue weighted by molar-refractivity contribution is 7.60. The van der Waals surface area contributed by atoms with Crippen molar-refractivity contribution < 1.29 is 32.6 Å². The molecule has 7 nitrogen and oxygen atoms in total. The molecule has 25 heavy (non-hydrogen) atoms. The minimum absolute atomic E-state index is 0.145. The van der Waals surface area contributed by atoms with Crippen LogP contribution in [-0.2, 0) is 18.0 Å². The molecule has 1 fully saturated rings. The Morgan fingerprint density at radius 2 is 1.84 bits per heavy atom. The number of phosphoric ester groups is 1. The van der Waals surface area contributed by atoms with Gasteiger partial charge in [0.25, 0.3) is 0 Å². The second kappa shape index (κ2) is 8.62. The fourth-order valence-electron chi connectivity index (χ4n) is 3.19. The second-order valence-electron chi connectivity index (χ2n) is 7.35. The Hall–Kier alpha value is -0.260. The first-order valence-corrected chi connectivity index (χ1v) is 11.4. The molecule has 0 radical (unpaired) electrons. The average Bonchev–Trinajstić information content (AvgIpc) is 2.40. The fourth-order valence-corrected chi connectivity index (χ4v) is 4.71. The molecule has 0 bridgehead atoms. The predicted molar refractivity (Wildman–Crippen MR) is 96.7 cm³/mol. The van der Waals surface area contributed by atoms with Crippen molar-refractivity contribution in [2.75, 3.05) is 6.61 Å². The smallest absolute Gasteiger partial charge is 0.302 e. The summed E-state index contributed by atoms with van der Waals surface area (Å²) in [5, 5.41) is 0. The van der Waals surface area contributed by atoms with Crippen molar-refractivity contribution in [3.63, 3.8) is 0 Å². The average molecular weight is 396 g/mol. The monoisotopic (exact) mass is 396 g/mol. The van der Waals surface area contributed by atoms with Crippen molar-refractivity contribution >= 4 is 15.6 Å². The highest BCUT2D eigenvalue weighted by atomic mass is 31.3. The third-order valence-electron chi connectivity index (χ3n) is 5.06. The van der Waals surface area contributed by atoms with Crippen LogP contribution in [0.3, 0.4) is 0 Å². The molecule has 0 aromatic heterocycles. The van der Waals surface area contributed by atoms with Gasteiger partial charge in [0, 0.05) is 0 Å². The lowest BCUT2D eigenvalue weighted by Gasteiger charge is -2.43. The van der Waals surface area contributed by atoms with Crippen LogP contribution >= 0.6 is 15.6 Å². The minimum atomic E-state index is -5.08. The molecule has 146 valence electrons. The zero-order valence-electron chi connectivity index (χ0n) is 15.5. The van der Waals surface area contributed by atoms with Crippen LogP contribution in [0, 0.1) is 17.3 Å². The molecule has 1 saturated carbocycles. The maximum Gasteiger partial charge on any atom is 0.481 e. The Balaban J connectivity index is 2.66. The molecule has 1 rings (SSSR count). The first-order chi connectivity index (χ1) is 11.2. The first-order valence-electron chi connectivity index (χ1n) is 8.35. The van der Waals surface area contributed by atoms with Crippen LogP contribution < -0.4 is 0 Å². The van der Waals surface area contributed by atoms with Gasteiger partial charge in [-0.15, -0.1) is 0 Å². The highest BCUT2D eigenvalue weighted by Crippen LogP contribution is 2.57. The first kappa shape index (κ1) is 22.8. The van der Waals surface area contributed by atoms with Crippen LogP contribution in [0.4, 0.5) is 0 Å². The van der Waals surface area contributed by atoms with E-state index >= 15 is 0 Å². The van der Waals surface area contributed by atoms with E-state index in [0.29, 0.717) is 18.3 Å². The Morgan fingerprint density at radius 3 is 2.40 bits per heavy atom. The van der Waals surface area contributed by atoms with Gasteiger partial charge >= 0.3 is 15.6 Å². The molecule has 0 aromatic rings. The zero-order chi connectivity index (χ0) is 19.5. The second-order valence-corrected chi connectivity index (χ2v) is 10.2. The van der Waals surface area contributed by atoms with Gasteiger partial charge in [0.15, 0.2) is 0 Å². The molecule has 1 aliphatic rings. The maximum absolute atomic E-state index is 11.4. The summed E-state index contributed by atoms with van der Waals surface area (Å²) in [6, 6.07) is 0. The Labute approximate surface area is 150 Å². The Morgan fingerprint density at radius 1 is 1.24 bits per heavy atom. The van der Waals surface area contributed by atoms with Gasteiger partial charge in [-0.05, 0) is 43.4 Å². The lowest BCUT2D eigenvalue weighted by molar-refractivity contribution is 0.191. The Bertz CT molecular complexity index is 618. The molecular formula is C16H30O7P2. The summed E-state index contributed by atoms with van der Waals surface area (Å²) in [4.78, 5) is 26.3. The van der Waals surface area contributed by atoms with Crippen LogP contribution in [0.5, 0.6) is 0 Å². The lowest BCUT2D eigenvalue weighted by Crippen LogP contribution is -2.32. The van der Waals surface area contributed by atoms with Gasteiger partial charge in [-0.1, -0.05) is 51.0 Å². The standard InChI is InChI=1S/C16H30O7P2/c1-12(10-11-22-25(20,21)23-24(17,18)19)6-9-15-13(2)7-8-14(3)16(15,4)5/h9-10,13-14H,6-8,11H2,1-5H3,(H,20,21)(H2,17,18,19)/b12-10+,15-9-/t13-,14+/m1/s1. The number of rotatable bonds is 7. The SMILES string of the molecule is C/C(=C\COP(=O)(O)OP(=O)(O)O)C/C=C1/[C@H](C)CC[C@H](C)C1(C)C.